The van der Waals surface area contributed by atoms with Crippen LogP contribution in [0, 0.1) is 0 Å². The van der Waals surface area contributed by atoms with Crippen molar-refractivity contribution in [2.75, 3.05) is 7.05 Å². The molecule has 3 rings (SSSR count). The summed E-state index contributed by atoms with van der Waals surface area (Å²) in [5.74, 6) is -0.312. The first-order chi connectivity index (χ1) is 13.3. The molecule has 0 bridgehead atoms. The summed E-state index contributed by atoms with van der Waals surface area (Å²) in [6.45, 7) is 3.44. The number of nitrogens with one attached hydrogen (secondary N) is 1. The van der Waals surface area contributed by atoms with Crippen LogP contribution in [-0.4, -0.2) is 47.1 Å². The molecule has 0 aliphatic carbocycles. The molecule has 0 aliphatic heterocycles. The zero-order valence-corrected chi connectivity index (χ0v) is 17.3. The monoisotopic (exact) mass is 419 g/mol. The number of rotatable bonds is 7. The van der Waals surface area contributed by atoms with Gasteiger partial charge in [-0.3, -0.25) is 4.79 Å². The van der Waals surface area contributed by atoms with E-state index in [1.54, 1.807) is 36.4 Å². The van der Waals surface area contributed by atoms with Crippen molar-refractivity contribution in [3.63, 3.8) is 0 Å². The van der Waals surface area contributed by atoms with Gasteiger partial charge in [-0.25, -0.2) is 18.1 Å². The molecule has 1 amide bonds. The highest BCUT2D eigenvalue weighted by atomic mass is 32.2. The molecular weight excluding hydrogens is 398 g/mol. The van der Waals surface area contributed by atoms with Crippen molar-refractivity contribution < 1.29 is 13.2 Å². The lowest BCUT2D eigenvalue weighted by Crippen LogP contribution is -2.46. The lowest BCUT2D eigenvalue weighted by molar-refractivity contribution is -0.133. The van der Waals surface area contributed by atoms with Crippen LogP contribution < -0.4 is 4.72 Å². The summed E-state index contributed by atoms with van der Waals surface area (Å²) >= 11 is 1.11. The molecule has 148 valence electrons. The standard InChI is InChI=1S/C18H21N5O3S2/c1-13(21-28(25,26)17-5-4-10-27-17)18(24)22(3)14(2)15-6-8-16(9-7-15)23-12-19-11-20-23/h4-14,21H,1-3H3. The van der Waals surface area contributed by atoms with Crippen molar-refractivity contribution >= 4 is 27.3 Å². The summed E-state index contributed by atoms with van der Waals surface area (Å²) in [6.07, 6.45) is 3.07. The van der Waals surface area contributed by atoms with Crippen LogP contribution in [0.25, 0.3) is 5.69 Å². The van der Waals surface area contributed by atoms with Crippen LogP contribution >= 0.6 is 11.3 Å². The lowest BCUT2D eigenvalue weighted by Gasteiger charge is -2.28. The Bertz CT molecular complexity index is 1020. The van der Waals surface area contributed by atoms with Gasteiger partial charge >= 0.3 is 0 Å². The topological polar surface area (TPSA) is 97.2 Å². The SMILES string of the molecule is CC(NS(=O)(=O)c1cccs1)C(=O)N(C)C(C)c1ccc(-n2cncn2)cc1. The number of nitrogens with zero attached hydrogens (tertiary/aromatic N) is 4. The van der Waals surface area contributed by atoms with E-state index in [0.29, 0.717) is 0 Å². The third-order valence-electron chi connectivity index (χ3n) is 4.45. The van der Waals surface area contributed by atoms with E-state index in [1.807, 2.05) is 31.2 Å². The number of hydrogen-bond acceptors (Lipinski definition) is 6. The number of sulfonamides is 1. The Balaban J connectivity index is 1.68. The molecule has 0 saturated heterocycles. The highest BCUT2D eigenvalue weighted by Crippen LogP contribution is 2.22. The van der Waals surface area contributed by atoms with Crippen LogP contribution in [-0.2, 0) is 14.8 Å². The Morgan fingerprint density at radius 3 is 2.50 bits per heavy atom. The largest absolute Gasteiger partial charge is 0.338 e. The smallest absolute Gasteiger partial charge is 0.250 e. The summed E-state index contributed by atoms with van der Waals surface area (Å²) in [6, 6.07) is 9.65. The number of aromatic nitrogens is 3. The first-order valence-corrected chi connectivity index (χ1v) is 10.9. The van der Waals surface area contributed by atoms with Gasteiger partial charge < -0.3 is 4.90 Å². The normalized spacial score (nSPS) is 13.8. The fourth-order valence-electron chi connectivity index (χ4n) is 2.72. The number of likely N-dealkylation sites (N-methyl/N-ethyl adjacent to an activating group) is 1. The summed E-state index contributed by atoms with van der Waals surface area (Å²) in [7, 11) is -2.05. The average molecular weight is 420 g/mol. The Hall–Kier alpha value is -2.56. The summed E-state index contributed by atoms with van der Waals surface area (Å²) in [5.41, 5.74) is 1.78. The van der Waals surface area contributed by atoms with Crippen LogP contribution in [0.4, 0.5) is 0 Å². The van der Waals surface area contributed by atoms with E-state index >= 15 is 0 Å². The van der Waals surface area contributed by atoms with E-state index < -0.39 is 16.1 Å². The average Bonchev–Trinajstić information content (AvgIpc) is 3.40. The maximum atomic E-state index is 12.7. The van der Waals surface area contributed by atoms with Crippen molar-refractivity contribution in [3.05, 3.63) is 60.0 Å². The van der Waals surface area contributed by atoms with E-state index in [4.69, 9.17) is 0 Å². The zero-order valence-electron chi connectivity index (χ0n) is 15.7. The van der Waals surface area contributed by atoms with Gasteiger partial charge in [-0.2, -0.15) is 9.82 Å². The number of benzene rings is 1. The molecule has 2 aromatic heterocycles. The van der Waals surface area contributed by atoms with Gasteiger partial charge in [-0.05, 0) is 43.0 Å². The van der Waals surface area contributed by atoms with Crippen LogP contribution in [0.3, 0.4) is 0 Å². The van der Waals surface area contributed by atoms with Crippen molar-refractivity contribution in [1.29, 1.82) is 0 Å². The Morgan fingerprint density at radius 1 is 1.21 bits per heavy atom. The fraction of sp³-hybridized carbons (Fsp3) is 0.278. The van der Waals surface area contributed by atoms with Gasteiger partial charge in [0.15, 0.2) is 0 Å². The Kier molecular flexibility index (Phi) is 5.92. The highest BCUT2D eigenvalue weighted by Gasteiger charge is 2.27. The first-order valence-electron chi connectivity index (χ1n) is 8.57. The molecule has 1 N–H and O–H groups in total. The minimum absolute atomic E-state index is 0.187. The molecule has 3 aromatic rings. The second kappa shape index (κ2) is 8.21. The van der Waals surface area contributed by atoms with Crippen molar-refractivity contribution in [2.45, 2.75) is 30.1 Å². The molecule has 2 heterocycles. The highest BCUT2D eigenvalue weighted by molar-refractivity contribution is 7.91. The maximum absolute atomic E-state index is 12.7. The van der Waals surface area contributed by atoms with Crippen LogP contribution in [0.2, 0.25) is 0 Å². The van der Waals surface area contributed by atoms with Gasteiger partial charge in [0.25, 0.3) is 10.0 Å². The van der Waals surface area contributed by atoms with Crippen LogP contribution in [0.1, 0.15) is 25.5 Å². The fourth-order valence-corrected chi connectivity index (χ4v) is 4.93. The molecule has 1 aromatic carbocycles. The van der Waals surface area contributed by atoms with Crippen molar-refractivity contribution in [2.24, 2.45) is 0 Å². The molecule has 0 fully saturated rings. The molecule has 2 unspecified atom stereocenters. The third-order valence-corrected chi connectivity index (χ3v) is 7.39. The minimum atomic E-state index is -3.71. The molecular formula is C18H21N5O3S2. The molecule has 0 saturated carbocycles. The number of hydrogen-bond donors (Lipinski definition) is 1. The maximum Gasteiger partial charge on any atom is 0.250 e. The Labute approximate surface area is 167 Å². The first kappa shape index (κ1) is 20.2. The number of amides is 1. The van der Waals surface area contributed by atoms with Crippen molar-refractivity contribution in [3.8, 4) is 5.69 Å². The van der Waals surface area contributed by atoms with E-state index in [2.05, 4.69) is 14.8 Å². The zero-order chi connectivity index (χ0) is 20.3. The van der Waals surface area contributed by atoms with E-state index in [1.165, 1.54) is 17.3 Å². The quantitative estimate of drug-likeness (QED) is 0.633. The minimum Gasteiger partial charge on any atom is -0.338 e. The van der Waals surface area contributed by atoms with Gasteiger partial charge in [-0.1, -0.05) is 18.2 Å². The van der Waals surface area contributed by atoms with Gasteiger partial charge in [0.2, 0.25) is 5.91 Å². The predicted molar refractivity (Wildman–Crippen MR) is 107 cm³/mol. The lowest BCUT2D eigenvalue weighted by atomic mass is 10.1. The molecule has 0 radical (unpaired) electrons. The van der Waals surface area contributed by atoms with E-state index in [-0.39, 0.29) is 16.2 Å². The molecule has 0 spiro atoms. The second-order valence-electron chi connectivity index (χ2n) is 6.33. The molecule has 0 aliphatic rings. The molecule has 8 nitrogen and oxygen atoms in total. The predicted octanol–water partition coefficient (Wildman–Crippen LogP) is 2.22. The van der Waals surface area contributed by atoms with Gasteiger partial charge in [-0.15, -0.1) is 11.3 Å². The summed E-state index contributed by atoms with van der Waals surface area (Å²) in [4.78, 5) is 18.2. The van der Waals surface area contributed by atoms with Gasteiger partial charge in [0.1, 0.15) is 16.9 Å². The van der Waals surface area contributed by atoms with Crippen molar-refractivity contribution in [1.82, 2.24) is 24.4 Å². The van der Waals surface area contributed by atoms with Gasteiger partial charge in [0, 0.05) is 7.05 Å². The van der Waals surface area contributed by atoms with Crippen LogP contribution in [0.5, 0.6) is 0 Å². The summed E-state index contributed by atoms with van der Waals surface area (Å²) < 4.78 is 28.9. The van der Waals surface area contributed by atoms with Crippen LogP contribution in [0.15, 0.2) is 58.6 Å². The van der Waals surface area contributed by atoms with Gasteiger partial charge in [0.05, 0.1) is 17.8 Å². The number of thiophene rings is 1. The molecule has 2 atom stereocenters. The Morgan fingerprint density at radius 2 is 1.93 bits per heavy atom. The number of carbonyl (C=O) groups is 1. The molecule has 28 heavy (non-hydrogen) atoms. The second-order valence-corrected chi connectivity index (χ2v) is 9.22. The van der Waals surface area contributed by atoms with E-state index in [9.17, 15) is 13.2 Å². The molecule has 10 heteroatoms. The number of carbonyl (C=O) groups excluding carboxylic acids is 1. The third kappa shape index (κ3) is 4.29. The van der Waals surface area contributed by atoms with E-state index in [0.717, 1.165) is 22.6 Å². The summed E-state index contributed by atoms with van der Waals surface area (Å²) in [5, 5.41) is 5.76.